The van der Waals surface area contributed by atoms with Gasteiger partial charge in [0.15, 0.2) is 0 Å². The van der Waals surface area contributed by atoms with Gasteiger partial charge in [0, 0.05) is 13.5 Å². The number of ketones is 1. The van der Waals surface area contributed by atoms with Crippen molar-refractivity contribution in [2.24, 2.45) is 5.41 Å². The van der Waals surface area contributed by atoms with Gasteiger partial charge in [-0.2, -0.15) is 0 Å². The summed E-state index contributed by atoms with van der Waals surface area (Å²) in [5.41, 5.74) is -0.569. The third-order valence-corrected chi connectivity index (χ3v) is 1.53. The van der Waals surface area contributed by atoms with Crippen LogP contribution in [-0.4, -0.2) is 18.7 Å². The van der Waals surface area contributed by atoms with Crippen LogP contribution >= 0.6 is 0 Å². The van der Waals surface area contributed by atoms with E-state index >= 15 is 0 Å². The summed E-state index contributed by atoms with van der Waals surface area (Å²) in [4.78, 5) is 21.8. The molecule has 1 amide bonds. The summed E-state index contributed by atoms with van der Waals surface area (Å²) in [6.07, 6.45) is 0.298. The third-order valence-electron chi connectivity index (χ3n) is 1.53. The van der Waals surface area contributed by atoms with Crippen molar-refractivity contribution in [2.45, 2.75) is 27.2 Å². The Kier molecular flexibility index (Phi) is 3.23. The molecule has 11 heavy (non-hydrogen) atoms. The molecule has 3 heteroatoms. The van der Waals surface area contributed by atoms with Gasteiger partial charge in [0.05, 0.1) is 5.41 Å². The van der Waals surface area contributed by atoms with Crippen LogP contribution in [0.4, 0.5) is 0 Å². The fraction of sp³-hybridized carbons (Fsp3) is 0.750. The second kappa shape index (κ2) is 3.51. The zero-order valence-electron chi connectivity index (χ0n) is 7.52. The zero-order chi connectivity index (χ0) is 9.07. The first-order valence-electron chi connectivity index (χ1n) is 3.62. The smallest absolute Gasteiger partial charge is 0.225 e. The van der Waals surface area contributed by atoms with Gasteiger partial charge in [-0.3, -0.25) is 9.59 Å². The van der Waals surface area contributed by atoms with E-state index in [9.17, 15) is 9.59 Å². The van der Waals surface area contributed by atoms with E-state index in [1.54, 1.807) is 20.9 Å². The van der Waals surface area contributed by atoms with Crippen molar-refractivity contribution < 1.29 is 9.59 Å². The molecule has 3 nitrogen and oxygen atoms in total. The first-order chi connectivity index (χ1) is 4.90. The topological polar surface area (TPSA) is 46.2 Å². The lowest BCUT2D eigenvalue weighted by molar-refractivity contribution is -0.133. The van der Waals surface area contributed by atoms with Gasteiger partial charge in [-0.1, -0.05) is 13.8 Å². The van der Waals surface area contributed by atoms with Crippen LogP contribution in [0.25, 0.3) is 0 Å². The summed E-state index contributed by atoms with van der Waals surface area (Å²) >= 11 is 0. The van der Waals surface area contributed by atoms with Crippen LogP contribution in [0, 0.1) is 5.41 Å². The number of carbonyl (C=O) groups is 2. The van der Waals surface area contributed by atoms with E-state index in [4.69, 9.17) is 0 Å². The van der Waals surface area contributed by atoms with Crippen molar-refractivity contribution in [3.05, 3.63) is 0 Å². The van der Waals surface area contributed by atoms with Gasteiger partial charge in [-0.05, 0) is 6.92 Å². The number of carbonyl (C=O) groups excluding carboxylic acids is 2. The maximum atomic E-state index is 11.1. The molecule has 0 aromatic carbocycles. The number of rotatable bonds is 3. The second-order valence-corrected chi connectivity index (χ2v) is 3.34. The molecule has 0 bridgehead atoms. The molecule has 0 radical (unpaired) electrons. The molecule has 0 saturated heterocycles. The molecule has 0 heterocycles. The minimum atomic E-state index is -0.569. The van der Waals surface area contributed by atoms with Gasteiger partial charge in [0.25, 0.3) is 0 Å². The summed E-state index contributed by atoms with van der Waals surface area (Å²) in [5, 5.41) is 2.52. The highest BCUT2D eigenvalue weighted by atomic mass is 16.2. The second-order valence-electron chi connectivity index (χ2n) is 3.34. The molecular formula is C8H15NO2. The van der Waals surface area contributed by atoms with Gasteiger partial charge in [0.2, 0.25) is 5.91 Å². The quantitative estimate of drug-likeness (QED) is 0.656. The lowest BCUT2D eigenvalue weighted by Crippen LogP contribution is -2.35. The fourth-order valence-electron chi connectivity index (χ4n) is 1.04. The highest BCUT2D eigenvalue weighted by molar-refractivity contribution is 5.87. The highest BCUT2D eigenvalue weighted by Crippen LogP contribution is 2.20. The van der Waals surface area contributed by atoms with E-state index in [2.05, 4.69) is 5.32 Å². The first kappa shape index (κ1) is 10.1. The maximum absolute atomic E-state index is 11.1. The van der Waals surface area contributed by atoms with Crippen molar-refractivity contribution >= 4 is 11.7 Å². The Labute approximate surface area is 67.2 Å². The van der Waals surface area contributed by atoms with Crippen molar-refractivity contribution in [2.75, 3.05) is 7.05 Å². The Morgan fingerprint density at radius 2 is 1.82 bits per heavy atom. The molecule has 0 aliphatic heterocycles. The molecule has 0 rings (SSSR count). The average molecular weight is 157 g/mol. The highest BCUT2D eigenvalue weighted by Gasteiger charge is 2.27. The minimum absolute atomic E-state index is 0.0404. The van der Waals surface area contributed by atoms with E-state index in [-0.39, 0.29) is 11.7 Å². The van der Waals surface area contributed by atoms with Gasteiger partial charge >= 0.3 is 0 Å². The van der Waals surface area contributed by atoms with Crippen LogP contribution in [0.2, 0.25) is 0 Å². The number of nitrogens with one attached hydrogen (secondary N) is 1. The van der Waals surface area contributed by atoms with Gasteiger partial charge in [0.1, 0.15) is 5.78 Å². The van der Waals surface area contributed by atoms with E-state index in [0.717, 1.165) is 0 Å². The van der Waals surface area contributed by atoms with Crippen LogP contribution in [0.15, 0.2) is 0 Å². The summed E-state index contributed by atoms with van der Waals surface area (Å²) < 4.78 is 0. The van der Waals surface area contributed by atoms with E-state index in [0.29, 0.717) is 6.42 Å². The van der Waals surface area contributed by atoms with Gasteiger partial charge < -0.3 is 5.32 Å². The Balaban J connectivity index is 4.21. The molecule has 64 valence electrons. The van der Waals surface area contributed by atoms with Gasteiger partial charge in [-0.25, -0.2) is 0 Å². The monoisotopic (exact) mass is 157 g/mol. The molecule has 0 aromatic heterocycles. The summed E-state index contributed by atoms with van der Waals surface area (Å²) in [6.45, 7) is 5.01. The third kappa shape index (κ3) is 3.16. The standard InChI is InChI=1S/C8H15NO2/c1-6(10)5-8(2,3)7(11)9-4/h5H2,1-4H3,(H,9,11). The Morgan fingerprint density at radius 3 is 2.09 bits per heavy atom. The molecule has 1 N–H and O–H groups in total. The van der Waals surface area contributed by atoms with Crippen LogP contribution in [-0.2, 0) is 9.59 Å². The predicted molar refractivity (Wildman–Crippen MR) is 43.1 cm³/mol. The maximum Gasteiger partial charge on any atom is 0.225 e. The van der Waals surface area contributed by atoms with Gasteiger partial charge in [-0.15, -0.1) is 0 Å². The van der Waals surface area contributed by atoms with Crippen molar-refractivity contribution in [1.29, 1.82) is 0 Å². The normalized spacial score (nSPS) is 10.9. The SMILES string of the molecule is CNC(=O)C(C)(C)CC(C)=O. The molecule has 0 atom stereocenters. The lowest BCUT2D eigenvalue weighted by atomic mass is 9.87. The van der Waals surface area contributed by atoms with Crippen LogP contribution in [0.5, 0.6) is 0 Å². The average Bonchev–Trinajstić information content (AvgIpc) is 1.83. The van der Waals surface area contributed by atoms with E-state index in [1.807, 2.05) is 0 Å². The Morgan fingerprint density at radius 1 is 1.36 bits per heavy atom. The lowest BCUT2D eigenvalue weighted by Gasteiger charge is -2.20. The molecule has 0 spiro atoms. The Bertz CT molecular complexity index is 173. The number of Topliss-reactive ketones (excluding diaryl/α,β-unsaturated/α-hetero) is 1. The first-order valence-corrected chi connectivity index (χ1v) is 3.62. The Hall–Kier alpha value is -0.860. The predicted octanol–water partition coefficient (Wildman–Crippen LogP) is 0.738. The molecule has 0 saturated carbocycles. The molecule has 0 aromatic rings. The molecule has 0 aliphatic rings. The number of hydrogen-bond donors (Lipinski definition) is 1. The summed E-state index contributed by atoms with van der Waals surface area (Å²) in [5.74, 6) is -0.0497. The molecule has 0 aliphatic carbocycles. The van der Waals surface area contributed by atoms with Crippen LogP contribution in [0.3, 0.4) is 0 Å². The number of hydrogen-bond acceptors (Lipinski definition) is 2. The van der Waals surface area contributed by atoms with Crippen molar-refractivity contribution in [1.82, 2.24) is 5.32 Å². The number of amides is 1. The van der Waals surface area contributed by atoms with E-state index in [1.165, 1.54) is 6.92 Å². The van der Waals surface area contributed by atoms with Crippen LogP contribution in [0.1, 0.15) is 27.2 Å². The fourth-order valence-corrected chi connectivity index (χ4v) is 1.04. The van der Waals surface area contributed by atoms with Crippen molar-refractivity contribution in [3.63, 3.8) is 0 Å². The summed E-state index contributed by atoms with van der Waals surface area (Å²) in [7, 11) is 1.57. The summed E-state index contributed by atoms with van der Waals surface area (Å²) in [6, 6.07) is 0. The molecule has 0 unspecified atom stereocenters. The van der Waals surface area contributed by atoms with Crippen LogP contribution < -0.4 is 5.32 Å². The van der Waals surface area contributed by atoms with Crippen molar-refractivity contribution in [3.8, 4) is 0 Å². The molecular weight excluding hydrogens is 142 g/mol. The minimum Gasteiger partial charge on any atom is -0.359 e. The molecule has 0 fully saturated rings. The zero-order valence-corrected chi connectivity index (χ0v) is 7.52. The van der Waals surface area contributed by atoms with E-state index < -0.39 is 5.41 Å². The largest absolute Gasteiger partial charge is 0.359 e.